The number of rotatable bonds is 11. The second kappa shape index (κ2) is 16.9. The van der Waals surface area contributed by atoms with Gasteiger partial charge in [-0.15, -0.1) is 0 Å². The number of amides is 1. The third-order valence-electron chi connectivity index (χ3n) is 6.41. The standard InChI is InChI=1S/C33H34F3N3O.C2H6/c1-23(28-13-8-14-29(20-28)27-11-5-4-6-12-27)18-31(38-3)24(2)17-30(33(34,35)36)16-15-25-9-7-10-26(19-25)22-39-32(40)21-37;1-2/h4-14,16-17,19-20H,1,15,18,21-22,37H2,2-3H3,(H,39,40);1-2H3/b24-17+,30-16+,38-31?;. The number of nitrogens with zero attached hydrogens (tertiary/aromatic N) is 1. The Balaban J connectivity index is 0.00000301. The average molecular weight is 576 g/mol. The minimum Gasteiger partial charge on any atom is -0.351 e. The molecule has 0 atom stereocenters. The summed E-state index contributed by atoms with van der Waals surface area (Å²) in [6.45, 7) is 9.96. The average Bonchev–Trinajstić information content (AvgIpc) is 3.01. The van der Waals surface area contributed by atoms with Gasteiger partial charge in [0.2, 0.25) is 5.91 Å². The lowest BCUT2D eigenvalue weighted by Gasteiger charge is -2.14. The molecule has 7 heteroatoms. The number of nitrogens with one attached hydrogen (secondary N) is 1. The van der Waals surface area contributed by atoms with Crippen molar-refractivity contribution in [2.75, 3.05) is 13.6 Å². The molecule has 0 heterocycles. The molecule has 0 aliphatic carbocycles. The van der Waals surface area contributed by atoms with E-state index in [-0.39, 0.29) is 25.4 Å². The number of aliphatic imine (C=N–C) groups is 1. The Kier molecular flexibility index (Phi) is 13.7. The van der Waals surface area contributed by atoms with Crippen LogP contribution in [0, 0.1) is 0 Å². The molecule has 4 nitrogen and oxygen atoms in total. The van der Waals surface area contributed by atoms with Crippen LogP contribution in [0.25, 0.3) is 16.7 Å². The van der Waals surface area contributed by atoms with Gasteiger partial charge in [-0.2, -0.15) is 13.2 Å². The maximum absolute atomic E-state index is 14.0. The summed E-state index contributed by atoms with van der Waals surface area (Å²) in [5.74, 6) is -0.301. The van der Waals surface area contributed by atoms with Crippen LogP contribution in [-0.2, 0) is 17.8 Å². The maximum Gasteiger partial charge on any atom is 0.416 e. The largest absolute Gasteiger partial charge is 0.416 e. The molecule has 0 unspecified atom stereocenters. The molecular formula is C35H40F3N3O. The van der Waals surface area contributed by atoms with E-state index in [2.05, 4.69) is 16.9 Å². The number of hydrogen-bond acceptors (Lipinski definition) is 3. The highest BCUT2D eigenvalue weighted by atomic mass is 19.4. The van der Waals surface area contributed by atoms with Crippen molar-refractivity contribution >= 4 is 17.2 Å². The highest BCUT2D eigenvalue weighted by molar-refractivity contribution is 6.05. The van der Waals surface area contributed by atoms with E-state index in [9.17, 15) is 18.0 Å². The molecule has 42 heavy (non-hydrogen) atoms. The number of benzene rings is 3. The molecule has 0 radical (unpaired) electrons. The van der Waals surface area contributed by atoms with E-state index in [1.165, 1.54) is 6.08 Å². The summed E-state index contributed by atoms with van der Waals surface area (Å²) in [7, 11) is 1.58. The molecule has 0 spiro atoms. The van der Waals surface area contributed by atoms with Crippen molar-refractivity contribution < 1.29 is 18.0 Å². The molecule has 0 bridgehead atoms. The van der Waals surface area contributed by atoms with Crippen molar-refractivity contribution in [2.45, 2.75) is 46.3 Å². The van der Waals surface area contributed by atoms with Crippen molar-refractivity contribution in [3.05, 3.63) is 125 Å². The molecule has 0 aliphatic rings. The zero-order valence-corrected chi connectivity index (χ0v) is 24.8. The van der Waals surface area contributed by atoms with Gasteiger partial charge in [-0.3, -0.25) is 9.79 Å². The fourth-order valence-corrected chi connectivity index (χ4v) is 4.19. The van der Waals surface area contributed by atoms with Gasteiger partial charge in [-0.1, -0.05) is 99.3 Å². The van der Waals surface area contributed by atoms with Gasteiger partial charge in [0.05, 0.1) is 12.1 Å². The number of halogens is 3. The van der Waals surface area contributed by atoms with Gasteiger partial charge in [0.25, 0.3) is 0 Å². The first kappa shape index (κ1) is 34.0. The van der Waals surface area contributed by atoms with Crippen molar-refractivity contribution in [2.24, 2.45) is 10.7 Å². The molecule has 3 aromatic rings. The zero-order valence-electron chi connectivity index (χ0n) is 24.8. The minimum absolute atomic E-state index is 0.0783. The summed E-state index contributed by atoms with van der Waals surface area (Å²) in [6, 6.07) is 24.9. The monoisotopic (exact) mass is 575 g/mol. The van der Waals surface area contributed by atoms with Crippen molar-refractivity contribution in [3.63, 3.8) is 0 Å². The second-order valence-corrected chi connectivity index (χ2v) is 9.39. The summed E-state index contributed by atoms with van der Waals surface area (Å²) in [6.07, 6.45) is -1.82. The van der Waals surface area contributed by atoms with E-state index in [0.29, 0.717) is 23.3 Å². The van der Waals surface area contributed by atoms with E-state index in [1.807, 2.05) is 68.4 Å². The SMILES string of the molecule is C=C(CC(=NC)/C(C)=C/C(=C\Cc1cccc(CNC(=O)CN)c1)C(F)(F)F)c1cccc(-c2ccccc2)c1.CC. The van der Waals surface area contributed by atoms with Crippen LogP contribution in [0.2, 0.25) is 0 Å². The molecule has 0 fully saturated rings. The van der Waals surface area contributed by atoms with Crippen LogP contribution < -0.4 is 11.1 Å². The second-order valence-electron chi connectivity index (χ2n) is 9.39. The van der Waals surface area contributed by atoms with Gasteiger partial charge in [0, 0.05) is 25.7 Å². The Morgan fingerprint density at radius 2 is 1.60 bits per heavy atom. The van der Waals surface area contributed by atoms with Crippen molar-refractivity contribution in [3.8, 4) is 11.1 Å². The predicted molar refractivity (Wildman–Crippen MR) is 169 cm³/mol. The van der Waals surface area contributed by atoms with E-state index >= 15 is 0 Å². The fourth-order valence-electron chi connectivity index (χ4n) is 4.19. The number of allylic oxidation sites excluding steroid dienone is 5. The molecule has 3 aromatic carbocycles. The van der Waals surface area contributed by atoms with Crippen LogP contribution in [0.4, 0.5) is 13.2 Å². The highest BCUT2D eigenvalue weighted by Crippen LogP contribution is 2.30. The van der Waals surface area contributed by atoms with Crippen LogP contribution in [0.15, 0.2) is 114 Å². The molecule has 0 aromatic heterocycles. The minimum atomic E-state index is -4.53. The topological polar surface area (TPSA) is 67.5 Å². The fraction of sp³-hybridized carbons (Fsp3) is 0.257. The zero-order chi connectivity index (χ0) is 31.1. The molecule has 3 N–H and O–H groups in total. The van der Waals surface area contributed by atoms with Crippen LogP contribution in [-0.4, -0.2) is 31.4 Å². The Morgan fingerprint density at radius 1 is 0.952 bits per heavy atom. The summed E-state index contributed by atoms with van der Waals surface area (Å²) >= 11 is 0. The van der Waals surface area contributed by atoms with Crippen LogP contribution in [0.3, 0.4) is 0 Å². The number of carbonyl (C=O) groups excluding carboxylic acids is 1. The van der Waals surface area contributed by atoms with Gasteiger partial charge in [-0.25, -0.2) is 0 Å². The first-order valence-electron chi connectivity index (χ1n) is 13.9. The van der Waals surface area contributed by atoms with E-state index in [0.717, 1.165) is 33.9 Å². The van der Waals surface area contributed by atoms with Gasteiger partial charge in [-0.05, 0) is 64.5 Å². The Bertz CT molecular complexity index is 1420. The Morgan fingerprint density at radius 3 is 2.24 bits per heavy atom. The van der Waals surface area contributed by atoms with Crippen LogP contribution >= 0.6 is 0 Å². The third kappa shape index (κ3) is 10.6. The third-order valence-corrected chi connectivity index (χ3v) is 6.41. The van der Waals surface area contributed by atoms with Crippen LogP contribution in [0.5, 0.6) is 0 Å². The van der Waals surface area contributed by atoms with E-state index < -0.39 is 11.7 Å². The first-order chi connectivity index (χ1) is 20.1. The molecule has 222 valence electrons. The molecule has 1 amide bonds. The molecule has 3 rings (SSSR count). The van der Waals surface area contributed by atoms with E-state index in [4.69, 9.17) is 5.73 Å². The van der Waals surface area contributed by atoms with Gasteiger partial charge in [0.1, 0.15) is 0 Å². The Hall–Kier alpha value is -4.23. The summed E-state index contributed by atoms with van der Waals surface area (Å²) < 4.78 is 41.9. The number of carbonyl (C=O) groups is 1. The predicted octanol–water partition coefficient (Wildman–Crippen LogP) is 8.11. The quantitative estimate of drug-likeness (QED) is 0.179. The number of hydrogen-bond donors (Lipinski definition) is 2. The van der Waals surface area contributed by atoms with Gasteiger partial charge in [0.15, 0.2) is 0 Å². The summed E-state index contributed by atoms with van der Waals surface area (Å²) in [5.41, 5.74) is 10.8. The van der Waals surface area contributed by atoms with Gasteiger partial charge >= 0.3 is 6.18 Å². The lowest BCUT2D eigenvalue weighted by molar-refractivity contribution is -0.119. The van der Waals surface area contributed by atoms with Crippen molar-refractivity contribution in [1.29, 1.82) is 0 Å². The molecule has 0 saturated heterocycles. The molecular weight excluding hydrogens is 535 g/mol. The molecule has 0 saturated carbocycles. The van der Waals surface area contributed by atoms with E-state index in [1.54, 1.807) is 38.2 Å². The number of nitrogens with two attached hydrogens (primary N) is 1. The summed E-state index contributed by atoms with van der Waals surface area (Å²) in [5, 5.41) is 2.66. The van der Waals surface area contributed by atoms with Crippen molar-refractivity contribution in [1.82, 2.24) is 5.32 Å². The summed E-state index contributed by atoms with van der Waals surface area (Å²) in [4.78, 5) is 15.7. The molecule has 0 aliphatic heterocycles. The lowest BCUT2D eigenvalue weighted by atomic mass is 9.94. The normalized spacial score (nSPS) is 12.3. The Labute approximate surface area is 247 Å². The van der Waals surface area contributed by atoms with Crippen LogP contribution in [0.1, 0.15) is 43.9 Å². The number of alkyl halides is 3. The first-order valence-corrected chi connectivity index (χ1v) is 13.9. The lowest BCUT2D eigenvalue weighted by Crippen LogP contribution is -2.29. The maximum atomic E-state index is 14.0. The highest BCUT2D eigenvalue weighted by Gasteiger charge is 2.32. The van der Waals surface area contributed by atoms with Gasteiger partial charge < -0.3 is 11.1 Å². The smallest absolute Gasteiger partial charge is 0.351 e.